The summed E-state index contributed by atoms with van der Waals surface area (Å²) in [6.45, 7) is 1.96. The smallest absolute Gasteiger partial charge is 0.139 e. The third-order valence-corrected chi connectivity index (χ3v) is 5.59. The fraction of sp³-hybridized carbons (Fsp3) is 0.160. The number of rotatable bonds is 6. The van der Waals surface area contributed by atoms with E-state index >= 15 is 0 Å². The summed E-state index contributed by atoms with van der Waals surface area (Å²) < 4.78 is 0. The van der Waals surface area contributed by atoms with Gasteiger partial charge >= 0.3 is 0 Å². The van der Waals surface area contributed by atoms with Gasteiger partial charge in [0, 0.05) is 31.4 Å². The van der Waals surface area contributed by atoms with Crippen molar-refractivity contribution in [3.63, 3.8) is 0 Å². The number of nitrogens with one attached hydrogen (secondary N) is 2. The first-order chi connectivity index (χ1) is 15.3. The molecule has 1 unspecified atom stereocenters. The highest BCUT2D eigenvalue weighted by atomic mass is 16.6. The number of fused-ring (bicyclic) bond motifs is 4. The van der Waals surface area contributed by atoms with E-state index in [1.807, 2.05) is 25.3 Å². The Morgan fingerprint density at radius 2 is 1.97 bits per heavy atom. The Morgan fingerprint density at radius 3 is 2.81 bits per heavy atom. The lowest BCUT2D eigenvalue weighted by Gasteiger charge is -2.17. The Morgan fingerprint density at radius 1 is 1.13 bits per heavy atom. The predicted molar refractivity (Wildman–Crippen MR) is 124 cm³/mol. The first-order valence-electron chi connectivity index (χ1n) is 10.3. The average Bonchev–Trinajstić information content (AvgIpc) is 3.39. The third kappa shape index (κ3) is 3.41. The van der Waals surface area contributed by atoms with Crippen LogP contribution in [0, 0.1) is 0 Å². The lowest BCUT2D eigenvalue weighted by atomic mass is 9.99. The molecule has 2 heterocycles. The van der Waals surface area contributed by atoms with Crippen LogP contribution in [-0.4, -0.2) is 28.2 Å². The van der Waals surface area contributed by atoms with Gasteiger partial charge in [0.15, 0.2) is 0 Å². The van der Waals surface area contributed by atoms with Gasteiger partial charge in [-0.3, -0.25) is 4.98 Å². The van der Waals surface area contributed by atoms with Crippen LogP contribution in [0.3, 0.4) is 0 Å². The molecule has 5 rings (SSSR count). The molecule has 0 aliphatic heterocycles. The van der Waals surface area contributed by atoms with E-state index in [2.05, 4.69) is 62.9 Å². The van der Waals surface area contributed by atoms with Crippen LogP contribution >= 0.6 is 0 Å². The molecule has 0 amide bonds. The minimum absolute atomic E-state index is 0.0780. The summed E-state index contributed by atoms with van der Waals surface area (Å²) >= 11 is 0. The minimum Gasteiger partial charge on any atom is -0.412 e. The van der Waals surface area contributed by atoms with E-state index in [1.54, 1.807) is 19.4 Å². The van der Waals surface area contributed by atoms with E-state index in [9.17, 15) is 0 Å². The summed E-state index contributed by atoms with van der Waals surface area (Å²) in [4.78, 5) is 22.5. The largest absolute Gasteiger partial charge is 0.412 e. The molecule has 6 nitrogen and oxygen atoms in total. The lowest BCUT2D eigenvalue weighted by Crippen LogP contribution is -2.21. The Labute approximate surface area is 180 Å². The predicted octanol–water partition coefficient (Wildman–Crippen LogP) is 5.21. The van der Waals surface area contributed by atoms with Crippen molar-refractivity contribution in [3.05, 3.63) is 83.9 Å². The maximum absolute atomic E-state index is 5.97. The highest BCUT2D eigenvalue weighted by Crippen LogP contribution is 2.47. The van der Waals surface area contributed by atoms with Crippen LogP contribution in [0.25, 0.3) is 33.5 Å². The SMILES string of the molecule is C/C=C(\CC=NC)ONC1c2ccccc2-c2c(-c3nc4ccncc4[nH]3)cccc21. The van der Waals surface area contributed by atoms with Crippen LogP contribution < -0.4 is 5.48 Å². The van der Waals surface area contributed by atoms with Gasteiger partial charge in [-0.25, -0.2) is 4.98 Å². The number of hydroxylamine groups is 1. The monoisotopic (exact) mass is 409 g/mol. The highest BCUT2D eigenvalue weighted by Gasteiger charge is 2.31. The molecule has 0 radical (unpaired) electrons. The van der Waals surface area contributed by atoms with Crippen molar-refractivity contribution in [2.24, 2.45) is 4.99 Å². The molecular weight excluding hydrogens is 386 g/mol. The second-order valence-corrected chi connectivity index (χ2v) is 7.39. The van der Waals surface area contributed by atoms with Crippen molar-refractivity contribution in [2.45, 2.75) is 19.4 Å². The van der Waals surface area contributed by atoms with Gasteiger partial charge in [-0.2, -0.15) is 0 Å². The second kappa shape index (κ2) is 8.16. The standard InChI is InChI=1S/C25H23N5O/c1-3-16(11-13-26-2)31-30-24-18-8-5-4-7-17(18)23-19(24)9-6-10-20(23)25-28-21-12-14-27-15-22(21)29-25/h3-10,12-15,24,30H,11H2,1-2H3,(H,28,29)/b16-3+,26-13?. The summed E-state index contributed by atoms with van der Waals surface area (Å²) in [5.41, 5.74) is 10.9. The van der Waals surface area contributed by atoms with Crippen LogP contribution in [0.2, 0.25) is 0 Å². The Kier molecular flexibility index (Phi) is 5.06. The van der Waals surface area contributed by atoms with Gasteiger partial charge in [-0.1, -0.05) is 42.5 Å². The van der Waals surface area contributed by atoms with Crippen molar-refractivity contribution >= 4 is 17.2 Å². The Hall–Kier alpha value is -3.77. The molecule has 0 saturated heterocycles. The number of nitrogens with zero attached hydrogens (tertiary/aromatic N) is 3. The fourth-order valence-electron chi connectivity index (χ4n) is 4.10. The molecule has 0 bridgehead atoms. The number of aromatic amines is 1. The Bertz CT molecular complexity index is 1270. The molecule has 154 valence electrons. The topological polar surface area (TPSA) is 75.2 Å². The van der Waals surface area contributed by atoms with E-state index in [0.717, 1.165) is 33.7 Å². The number of aliphatic imine (C=N–C) groups is 1. The molecule has 4 aromatic rings. The van der Waals surface area contributed by atoms with Crippen molar-refractivity contribution in [2.75, 3.05) is 7.05 Å². The van der Waals surface area contributed by atoms with Crippen LogP contribution in [0.5, 0.6) is 0 Å². The van der Waals surface area contributed by atoms with Crippen molar-refractivity contribution < 1.29 is 4.84 Å². The number of hydrogen-bond donors (Lipinski definition) is 2. The van der Waals surface area contributed by atoms with Crippen LogP contribution in [0.15, 0.2) is 77.8 Å². The van der Waals surface area contributed by atoms with E-state index < -0.39 is 0 Å². The quantitative estimate of drug-likeness (QED) is 0.260. The fourth-order valence-corrected chi connectivity index (χ4v) is 4.10. The van der Waals surface area contributed by atoms with Crippen LogP contribution in [-0.2, 0) is 4.84 Å². The molecule has 31 heavy (non-hydrogen) atoms. The van der Waals surface area contributed by atoms with Gasteiger partial charge in [0.1, 0.15) is 11.6 Å². The zero-order chi connectivity index (χ0) is 21.2. The molecule has 2 aromatic heterocycles. The van der Waals surface area contributed by atoms with E-state index in [-0.39, 0.29) is 6.04 Å². The van der Waals surface area contributed by atoms with Crippen LogP contribution in [0.4, 0.5) is 0 Å². The molecular formula is C25H23N5O. The summed E-state index contributed by atoms with van der Waals surface area (Å²) in [6.07, 6.45) is 8.00. The van der Waals surface area contributed by atoms with Gasteiger partial charge in [0.25, 0.3) is 0 Å². The van der Waals surface area contributed by atoms with Crippen molar-refractivity contribution in [1.29, 1.82) is 0 Å². The summed E-state index contributed by atoms with van der Waals surface area (Å²) in [7, 11) is 1.76. The number of H-pyrrole nitrogens is 1. The number of aromatic nitrogens is 3. The average molecular weight is 409 g/mol. The van der Waals surface area contributed by atoms with Gasteiger partial charge in [-0.15, -0.1) is 5.48 Å². The van der Waals surface area contributed by atoms with Gasteiger partial charge in [-0.05, 0) is 41.3 Å². The number of pyridine rings is 1. The highest BCUT2D eigenvalue weighted by molar-refractivity contribution is 5.91. The number of allylic oxidation sites excluding steroid dienone is 2. The third-order valence-electron chi connectivity index (χ3n) is 5.59. The summed E-state index contributed by atoms with van der Waals surface area (Å²) in [5.74, 6) is 1.67. The van der Waals surface area contributed by atoms with Gasteiger partial charge in [0.05, 0.1) is 23.3 Å². The molecule has 0 saturated carbocycles. The molecule has 1 atom stereocenters. The molecule has 2 N–H and O–H groups in total. The van der Waals surface area contributed by atoms with E-state index in [0.29, 0.717) is 6.42 Å². The number of hydrogen-bond acceptors (Lipinski definition) is 5. The van der Waals surface area contributed by atoms with E-state index in [1.165, 1.54) is 16.7 Å². The van der Waals surface area contributed by atoms with Crippen molar-refractivity contribution in [1.82, 2.24) is 20.4 Å². The number of imidazole rings is 1. The van der Waals surface area contributed by atoms with Crippen molar-refractivity contribution in [3.8, 4) is 22.5 Å². The summed E-state index contributed by atoms with van der Waals surface area (Å²) in [5, 5.41) is 0. The van der Waals surface area contributed by atoms with Crippen LogP contribution in [0.1, 0.15) is 30.5 Å². The molecule has 6 heteroatoms. The molecule has 0 fully saturated rings. The number of benzene rings is 2. The van der Waals surface area contributed by atoms with Gasteiger partial charge < -0.3 is 14.8 Å². The minimum atomic E-state index is -0.0780. The summed E-state index contributed by atoms with van der Waals surface area (Å²) in [6, 6.07) is 16.6. The molecule has 1 aliphatic carbocycles. The zero-order valence-corrected chi connectivity index (χ0v) is 17.5. The maximum atomic E-state index is 5.97. The molecule has 0 spiro atoms. The maximum Gasteiger partial charge on any atom is 0.139 e. The normalized spacial score (nSPS) is 15.4. The second-order valence-electron chi connectivity index (χ2n) is 7.39. The van der Waals surface area contributed by atoms with Gasteiger partial charge in [0.2, 0.25) is 0 Å². The lowest BCUT2D eigenvalue weighted by molar-refractivity contribution is 0.0839. The first-order valence-corrected chi connectivity index (χ1v) is 10.3. The zero-order valence-electron chi connectivity index (χ0n) is 17.5. The first kappa shape index (κ1) is 19.2. The Balaban J connectivity index is 1.57. The molecule has 1 aliphatic rings. The van der Waals surface area contributed by atoms with E-state index in [4.69, 9.17) is 9.82 Å². The molecule has 2 aromatic carbocycles.